The molecule has 4 aromatic rings. The fourth-order valence-corrected chi connectivity index (χ4v) is 5.75. The summed E-state index contributed by atoms with van der Waals surface area (Å²) in [5.74, 6) is -0.447. The highest BCUT2D eigenvalue weighted by Gasteiger charge is 2.48. The SMILES string of the molecule is CCCCOc1cccc(C2/C(=C(\O)c3ccc(OCCC)cc3)C(=O)C(=O)N2c2nc3ccc(C)cc3s2)c1. The number of hydrogen-bond donors (Lipinski definition) is 1. The molecule has 0 bridgehead atoms. The number of nitrogens with zero attached hydrogens (tertiary/aromatic N) is 2. The average Bonchev–Trinajstić information content (AvgIpc) is 3.49. The number of unbranched alkanes of at least 4 members (excludes halogenated alkanes) is 1. The van der Waals surface area contributed by atoms with Crippen molar-refractivity contribution in [3.63, 3.8) is 0 Å². The summed E-state index contributed by atoms with van der Waals surface area (Å²) >= 11 is 1.34. The highest BCUT2D eigenvalue weighted by molar-refractivity contribution is 7.22. The van der Waals surface area contributed by atoms with Gasteiger partial charge in [-0.15, -0.1) is 0 Å². The molecule has 206 valence electrons. The van der Waals surface area contributed by atoms with Gasteiger partial charge in [-0.3, -0.25) is 14.5 Å². The second-order valence-corrected chi connectivity index (χ2v) is 10.8. The van der Waals surface area contributed by atoms with Gasteiger partial charge < -0.3 is 14.6 Å². The Kier molecular flexibility index (Phi) is 8.16. The number of ether oxygens (including phenoxy) is 2. The number of rotatable bonds is 10. The van der Waals surface area contributed by atoms with Crippen molar-refractivity contribution in [3.05, 3.63) is 89.0 Å². The van der Waals surface area contributed by atoms with Gasteiger partial charge in [0, 0.05) is 5.56 Å². The fraction of sp³-hybridized carbons (Fsp3) is 0.281. The van der Waals surface area contributed by atoms with Gasteiger partial charge in [-0.25, -0.2) is 4.98 Å². The predicted octanol–water partition coefficient (Wildman–Crippen LogP) is 7.20. The summed E-state index contributed by atoms with van der Waals surface area (Å²) < 4.78 is 12.5. The van der Waals surface area contributed by atoms with Gasteiger partial charge in [0.2, 0.25) is 0 Å². The molecule has 2 heterocycles. The molecule has 8 heteroatoms. The molecule has 0 radical (unpaired) electrons. The number of ketones is 1. The minimum Gasteiger partial charge on any atom is -0.507 e. The van der Waals surface area contributed by atoms with E-state index in [4.69, 9.17) is 14.5 Å². The summed E-state index contributed by atoms with van der Waals surface area (Å²) in [7, 11) is 0. The van der Waals surface area contributed by atoms with Crippen LogP contribution in [0.5, 0.6) is 11.5 Å². The molecule has 5 rings (SSSR count). The van der Waals surface area contributed by atoms with Crippen molar-refractivity contribution in [1.82, 2.24) is 4.98 Å². The first-order chi connectivity index (χ1) is 19.4. The number of thiazole rings is 1. The molecule has 0 spiro atoms. The van der Waals surface area contributed by atoms with Crippen LogP contribution in [-0.4, -0.2) is 35.0 Å². The molecule has 1 aliphatic heterocycles. The van der Waals surface area contributed by atoms with Gasteiger partial charge >= 0.3 is 5.91 Å². The molecule has 3 aromatic carbocycles. The Balaban J connectivity index is 1.63. The van der Waals surface area contributed by atoms with Gasteiger partial charge in [-0.05, 0) is 79.4 Å². The van der Waals surface area contributed by atoms with Crippen LogP contribution in [0.4, 0.5) is 5.13 Å². The molecule has 1 saturated heterocycles. The van der Waals surface area contributed by atoms with Crippen LogP contribution in [0, 0.1) is 6.92 Å². The van der Waals surface area contributed by atoms with Crippen molar-refractivity contribution in [2.75, 3.05) is 18.1 Å². The van der Waals surface area contributed by atoms with E-state index in [-0.39, 0.29) is 11.3 Å². The fourth-order valence-electron chi connectivity index (χ4n) is 4.66. The average molecular weight is 557 g/mol. The van der Waals surface area contributed by atoms with E-state index < -0.39 is 17.7 Å². The van der Waals surface area contributed by atoms with Gasteiger partial charge in [0.1, 0.15) is 17.3 Å². The maximum absolute atomic E-state index is 13.6. The van der Waals surface area contributed by atoms with E-state index in [1.807, 2.05) is 56.3 Å². The molecule has 1 aromatic heterocycles. The first kappa shape index (κ1) is 27.4. The molecular formula is C32H32N2O5S. The number of benzene rings is 3. The minimum absolute atomic E-state index is 0.00775. The van der Waals surface area contributed by atoms with Crippen molar-refractivity contribution in [1.29, 1.82) is 0 Å². The van der Waals surface area contributed by atoms with Crippen LogP contribution in [0.3, 0.4) is 0 Å². The smallest absolute Gasteiger partial charge is 0.301 e. The summed E-state index contributed by atoms with van der Waals surface area (Å²) in [6.45, 7) is 7.25. The number of carbonyl (C=O) groups is 2. The first-order valence-electron chi connectivity index (χ1n) is 13.6. The van der Waals surface area contributed by atoms with E-state index in [2.05, 4.69) is 6.92 Å². The van der Waals surface area contributed by atoms with Crippen LogP contribution in [0.25, 0.3) is 16.0 Å². The molecule has 0 saturated carbocycles. The number of aliphatic hydroxyl groups is 1. The number of aromatic nitrogens is 1. The maximum Gasteiger partial charge on any atom is 0.301 e. The molecule has 1 fully saturated rings. The third-order valence-electron chi connectivity index (χ3n) is 6.72. The Hall–Kier alpha value is -4.17. The van der Waals surface area contributed by atoms with Crippen molar-refractivity contribution in [3.8, 4) is 11.5 Å². The predicted molar refractivity (Wildman–Crippen MR) is 158 cm³/mol. The number of Topliss-reactive ketones (excluding diaryl/α,β-unsaturated/α-hetero) is 1. The lowest BCUT2D eigenvalue weighted by Crippen LogP contribution is -2.29. The number of aryl methyl sites for hydroxylation is 1. The van der Waals surface area contributed by atoms with Crippen molar-refractivity contribution in [2.24, 2.45) is 0 Å². The Morgan fingerprint density at radius 2 is 1.73 bits per heavy atom. The summed E-state index contributed by atoms with van der Waals surface area (Å²) in [4.78, 5) is 33.3. The number of hydrogen-bond acceptors (Lipinski definition) is 7. The lowest BCUT2D eigenvalue weighted by atomic mass is 9.95. The van der Waals surface area contributed by atoms with E-state index in [0.717, 1.165) is 35.0 Å². The van der Waals surface area contributed by atoms with Crippen LogP contribution in [0.1, 0.15) is 55.8 Å². The topological polar surface area (TPSA) is 89.0 Å². The lowest BCUT2D eigenvalue weighted by Gasteiger charge is -2.23. The van der Waals surface area contributed by atoms with Gasteiger partial charge in [0.25, 0.3) is 5.78 Å². The number of carbonyl (C=O) groups excluding carboxylic acids is 2. The largest absolute Gasteiger partial charge is 0.507 e. The highest BCUT2D eigenvalue weighted by atomic mass is 32.1. The van der Waals surface area contributed by atoms with Gasteiger partial charge in [0.15, 0.2) is 5.13 Å². The summed E-state index contributed by atoms with van der Waals surface area (Å²) in [5, 5.41) is 11.9. The second-order valence-electron chi connectivity index (χ2n) is 9.78. The summed E-state index contributed by atoms with van der Waals surface area (Å²) in [6, 6.07) is 19.2. The van der Waals surface area contributed by atoms with Crippen molar-refractivity contribution < 1.29 is 24.2 Å². The van der Waals surface area contributed by atoms with Crippen LogP contribution in [-0.2, 0) is 9.59 Å². The molecule has 7 nitrogen and oxygen atoms in total. The number of fused-ring (bicyclic) bond motifs is 1. The molecular weight excluding hydrogens is 524 g/mol. The highest BCUT2D eigenvalue weighted by Crippen LogP contribution is 2.45. The molecule has 0 aliphatic carbocycles. The Bertz CT molecular complexity index is 1570. The summed E-state index contributed by atoms with van der Waals surface area (Å²) in [5.41, 5.74) is 2.89. The monoisotopic (exact) mass is 556 g/mol. The molecule has 40 heavy (non-hydrogen) atoms. The Morgan fingerprint density at radius 1 is 0.950 bits per heavy atom. The van der Waals surface area contributed by atoms with Crippen molar-refractivity contribution >= 4 is 44.1 Å². The van der Waals surface area contributed by atoms with Crippen LogP contribution in [0.15, 0.2) is 72.3 Å². The van der Waals surface area contributed by atoms with E-state index in [1.165, 1.54) is 16.2 Å². The molecule has 1 unspecified atom stereocenters. The summed E-state index contributed by atoms with van der Waals surface area (Å²) in [6.07, 6.45) is 2.78. The van der Waals surface area contributed by atoms with Crippen LogP contribution < -0.4 is 14.4 Å². The first-order valence-corrected chi connectivity index (χ1v) is 14.4. The molecule has 1 atom stereocenters. The Labute approximate surface area is 237 Å². The maximum atomic E-state index is 13.6. The number of amides is 1. The van der Waals surface area contributed by atoms with Gasteiger partial charge in [-0.2, -0.15) is 0 Å². The lowest BCUT2D eigenvalue weighted by molar-refractivity contribution is -0.132. The van der Waals surface area contributed by atoms with Crippen LogP contribution >= 0.6 is 11.3 Å². The van der Waals surface area contributed by atoms with Gasteiger partial charge in [-0.1, -0.05) is 49.8 Å². The van der Waals surface area contributed by atoms with E-state index in [1.54, 1.807) is 24.3 Å². The van der Waals surface area contributed by atoms with Gasteiger partial charge in [0.05, 0.1) is 35.0 Å². The molecule has 1 aliphatic rings. The molecule has 1 N–H and O–H groups in total. The quantitative estimate of drug-likeness (QED) is 0.0962. The third kappa shape index (κ3) is 5.45. The van der Waals surface area contributed by atoms with Crippen LogP contribution in [0.2, 0.25) is 0 Å². The number of anilines is 1. The molecule has 1 amide bonds. The zero-order chi connectivity index (χ0) is 28.2. The normalized spacial score (nSPS) is 16.6. The standard InChI is InChI=1S/C32H32N2O5S/c1-4-6-17-39-24-9-7-8-22(19-24)28-27(29(35)21-11-13-23(14-12-21)38-16-5-2)30(36)31(37)34(28)32-33-25-15-10-20(3)18-26(25)40-32/h7-15,18-19,28,35H,4-6,16-17H2,1-3H3/b29-27+. The third-order valence-corrected chi connectivity index (χ3v) is 7.74. The zero-order valence-electron chi connectivity index (χ0n) is 22.8. The minimum atomic E-state index is -0.882. The Morgan fingerprint density at radius 3 is 2.48 bits per heavy atom. The van der Waals surface area contributed by atoms with E-state index >= 15 is 0 Å². The van der Waals surface area contributed by atoms with E-state index in [0.29, 0.717) is 41.0 Å². The van der Waals surface area contributed by atoms with Crippen molar-refractivity contribution in [2.45, 2.75) is 46.1 Å². The van der Waals surface area contributed by atoms with E-state index in [9.17, 15) is 14.7 Å². The second kappa shape index (κ2) is 11.9. The zero-order valence-corrected chi connectivity index (χ0v) is 23.7. The number of aliphatic hydroxyl groups excluding tert-OH is 1.